The Morgan fingerprint density at radius 3 is 2.62 bits per heavy atom. The standard InChI is InChI=1S/C15H11ClN2O4S2/c1-18-12-7-6-9(8-13(12)23-15(18)20)24(21,22)17-14(19)10-4-2-3-5-11(10)16/h2-8H,1H3,(H,17,19). The third-order valence-electron chi connectivity index (χ3n) is 3.42. The number of hydrogen-bond acceptors (Lipinski definition) is 5. The topological polar surface area (TPSA) is 85.2 Å². The summed E-state index contributed by atoms with van der Waals surface area (Å²) in [5, 5.41) is 0.155. The van der Waals surface area contributed by atoms with Crippen LogP contribution in [0.3, 0.4) is 0 Å². The molecule has 0 aliphatic rings. The van der Waals surface area contributed by atoms with E-state index in [1.54, 1.807) is 19.2 Å². The molecule has 0 radical (unpaired) electrons. The fourth-order valence-corrected chi connectivity index (χ4v) is 4.37. The molecule has 1 amide bonds. The van der Waals surface area contributed by atoms with Crippen LogP contribution in [-0.4, -0.2) is 18.9 Å². The summed E-state index contributed by atoms with van der Waals surface area (Å²) in [5.41, 5.74) is 0.689. The van der Waals surface area contributed by atoms with E-state index in [2.05, 4.69) is 0 Å². The maximum absolute atomic E-state index is 12.4. The minimum Gasteiger partial charge on any atom is -0.302 e. The van der Waals surface area contributed by atoms with E-state index in [0.29, 0.717) is 10.2 Å². The van der Waals surface area contributed by atoms with E-state index < -0.39 is 15.9 Å². The summed E-state index contributed by atoms with van der Waals surface area (Å²) >= 11 is 6.84. The highest BCUT2D eigenvalue weighted by molar-refractivity contribution is 7.90. The molecule has 0 saturated carbocycles. The average Bonchev–Trinajstić information content (AvgIpc) is 2.81. The van der Waals surface area contributed by atoms with Gasteiger partial charge < -0.3 is 4.57 Å². The molecule has 1 heterocycles. The van der Waals surface area contributed by atoms with Gasteiger partial charge in [-0.1, -0.05) is 35.1 Å². The fraction of sp³-hybridized carbons (Fsp3) is 0.0667. The zero-order valence-electron chi connectivity index (χ0n) is 12.3. The lowest BCUT2D eigenvalue weighted by atomic mass is 10.2. The van der Waals surface area contributed by atoms with Crippen molar-refractivity contribution in [1.29, 1.82) is 0 Å². The van der Waals surface area contributed by atoms with Crippen molar-refractivity contribution in [1.82, 2.24) is 9.29 Å². The molecule has 0 bridgehead atoms. The van der Waals surface area contributed by atoms with Crippen LogP contribution in [0.2, 0.25) is 5.02 Å². The first-order valence-electron chi connectivity index (χ1n) is 6.71. The van der Waals surface area contributed by atoms with Crippen molar-refractivity contribution in [2.75, 3.05) is 0 Å². The van der Waals surface area contributed by atoms with Crippen LogP contribution in [0.1, 0.15) is 10.4 Å². The first-order chi connectivity index (χ1) is 11.3. The van der Waals surface area contributed by atoms with Crippen molar-refractivity contribution in [2.24, 2.45) is 7.05 Å². The van der Waals surface area contributed by atoms with Crippen molar-refractivity contribution in [3.63, 3.8) is 0 Å². The highest BCUT2D eigenvalue weighted by atomic mass is 35.5. The van der Waals surface area contributed by atoms with Crippen molar-refractivity contribution in [3.05, 3.63) is 62.7 Å². The summed E-state index contributed by atoms with van der Waals surface area (Å²) in [4.78, 5) is 23.5. The minimum absolute atomic E-state index is 0.0631. The molecule has 6 nitrogen and oxygen atoms in total. The molecule has 0 aliphatic heterocycles. The lowest BCUT2D eigenvalue weighted by Crippen LogP contribution is -2.30. The molecule has 3 rings (SSSR count). The number of halogens is 1. The third-order valence-corrected chi connectivity index (χ3v) is 6.07. The van der Waals surface area contributed by atoms with Crippen LogP contribution in [0.15, 0.2) is 52.2 Å². The Hall–Kier alpha value is -2.16. The van der Waals surface area contributed by atoms with Gasteiger partial charge in [0.2, 0.25) is 0 Å². The molecular weight excluding hydrogens is 372 g/mol. The summed E-state index contributed by atoms with van der Waals surface area (Å²) in [6.07, 6.45) is 0. The van der Waals surface area contributed by atoms with Gasteiger partial charge in [-0.2, -0.15) is 0 Å². The molecule has 0 fully saturated rings. The second-order valence-corrected chi connectivity index (χ2v) is 8.05. The minimum atomic E-state index is -4.08. The third kappa shape index (κ3) is 2.95. The molecule has 2 aromatic carbocycles. The number of aromatic nitrogens is 1. The molecule has 124 valence electrons. The van der Waals surface area contributed by atoms with Crippen LogP contribution >= 0.6 is 22.9 Å². The van der Waals surface area contributed by atoms with Gasteiger partial charge >= 0.3 is 4.87 Å². The first-order valence-corrected chi connectivity index (χ1v) is 9.38. The van der Waals surface area contributed by atoms with Gasteiger partial charge in [0.25, 0.3) is 15.9 Å². The largest absolute Gasteiger partial charge is 0.307 e. The summed E-state index contributed by atoms with van der Waals surface area (Å²) in [6.45, 7) is 0. The quantitative estimate of drug-likeness (QED) is 0.753. The Labute approximate surface area is 146 Å². The van der Waals surface area contributed by atoms with Crippen LogP contribution in [-0.2, 0) is 17.1 Å². The van der Waals surface area contributed by atoms with Crippen molar-refractivity contribution >= 4 is 49.1 Å². The molecule has 3 aromatic rings. The Bertz CT molecular complexity index is 1120. The number of fused-ring (bicyclic) bond motifs is 1. The normalized spacial score (nSPS) is 11.6. The summed E-state index contributed by atoms with van der Waals surface area (Å²) in [7, 11) is -2.48. The number of hydrogen-bond donors (Lipinski definition) is 1. The van der Waals surface area contributed by atoms with E-state index in [-0.39, 0.29) is 20.4 Å². The number of nitrogens with zero attached hydrogens (tertiary/aromatic N) is 1. The molecule has 0 unspecified atom stereocenters. The highest BCUT2D eigenvalue weighted by Crippen LogP contribution is 2.22. The van der Waals surface area contributed by atoms with E-state index in [0.717, 1.165) is 11.3 Å². The summed E-state index contributed by atoms with van der Waals surface area (Å²) < 4.78 is 28.8. The Morgan fingerprint density at radius 2 is 1.92 bits per heavy atom. The van der Waals surface area contributed by atoms with E-state index in [4.69, 9.17) is 11.6 Å². The molecular formula is C15H11ClN2O4S2. The maximum atomic E-state index is 12.4. The van der Waals surface area contributed by atoms with Crippen LogP contribution < -0.4 is 9.60 Å². The number of carbonyl (C=O) groups is 1. The second-order valence-electron chi connectivity index (χ2n) is 4.97. The fourth-order valence-electron chi connectivity index (χ4n) is 2.16. The smallest absolute Gasteiger partial charge is 0.302 e. The van der Waals surface area contributed by atoms with Crippen molar-refractivity contribution in [2.45, 2.75) is 4.90 Å². The van der Waals surface area contributed by atoms with Crippen molar-refractivity contribution in [3.8, 4) is 0 Å². The van der Waals surface area contributed by atoms with Crippen molar-refractivity contribution < 1.29 is 13.2 Å². The van der Waals surface area contributed by atoms with Gasteiger partial charge in [0, 0.05) is 7.05 Å². The molecule has 0 aliphatic carbocycles. The number of sulfonamides is 1. The first kappa shape index (κ1) is 16.7. The Morgan fingerprint density at radius 1 is 1.21 bits per heavy atom. The molecule has 0 saturated heterocycles. The predicted octanol–water partition coefficient (Wildman–Crippen LogP) is 2.37. The number of carbonyl (C=O) groups excluding carboxylic acids is 1. The highest BCUT2D eigenvalue weighted by Gasteiger charge is 2.21. The SMILES string of the molecule is Cn1c(=O)sc2cc(S(=O)(=O)NC(=O)c3ccccc3Cl)ccc21. The monoisotopic (exact) mass is 382 g/mol. The Kier molecular flexibility index (Phi) is 4.20. The molecule has 1 aromatic heterocycles. The van der Waals surface area contributed by atoms with Gasteiger partial charge in [0.15, 0.2) is 0 Å². The number of benzene rings is 2. The van der Waals surface area contributed by atoms with Gasteiger partial charge in [0.1, 0.15) is 0 Å². The van der Waals surface area contributed by atoms with Gasteiger partial charge in [-0.25, -0.2) is 13.1 Å². The number of nitrogens with one attached hydrogen (secondary N) is 1. The molecule has 0 atom stereocenters. The van der Waals surface area contributed by atoms with E-state index in [1.807, 2.05) is 4.72 Å². The molecule has 0 spiro atoms. The molecule has 9 heteroatoms. The number of aryl methyl sites for hydroxylation is 1. The van der Waals surface area contributed by atoms with E-state index in [1.165, 1.54) is 34.9 Å². The molecule has 24 heavy (non-hydrogen) atoms. The number of thiazole rings is 1. The predicted molar refractivity (Wildman–Crippen MR) is 93.2 cm³/mol. The van der Waals surface area contributed by atoms with E-state index in [9.17, 15) is 18.0 Å². The summed E-state index contributed by atoms with van der Waals surface area (Å²) in [6, 6.07) is 10.4. The lowest BCUT2D eigenvalue weighted by molar-refractivity contribution is 0.0981. The molecule has 1 N–H and O–H groups in total. The second kappa shape index (κ2) is 6.04. The van der Waals surface area contributed by atoms with Gasteiger partial charge in [-0.05, 0) is 30.3 Å². The Balaban J connectivity index is 1.97. The lowest BCUT2D eigenvalue weighted by Gasteiger charge is -2.08. The summed E-state index contributed by atoms with van der Waals surface area (Å²) in [5.74, 6) is -0.818. The number of rotatable bonds is 3. The van der Waals surface area contributed by atoms with Gasteiger partial charge in [-0.15, -0.1) is 0 Å². The van der Waals surface area contributed by atoms with Crippen LogP contribution in [0, 0.1) is 0 Å². The van der Waals surface area contributed by atoms with E-state index >= 15 is 0 Å². The zero-order valence-corrected chi connectivity index (χ0v) is 14.7. The van der Waals surface area contributed by atoms with Crippen LogP contribution in [0.4, 0.5) is 0 Å². The number of amides is 1. The maximum Gasteiger partial charge on any atom is 0.307 e. The average molecular weight is 383 g/mol. The van der Waals surface area contributed by atoms with Crippen LogP contribution in [0.25, 0.3) is 10.2 Å². The van der Waals surface area contributed by atoms with Gasteiger partial charge in [-0.3, -0.25) is 9.59 Å². The van der Waals surface area contributed by atoms with Crippen LogP contribution in [0.5, 0.6) is 0 Å². The zero-order chi connectivity index (χ0) is 17.5. The van der Waals surface area contributed by atoms with Gasteiger partial charge in [0.05, 0.1) is 25.7 Å².